The Morgan fingerprint density at radius 2 is 2.21 bits per heavy atom. The van der Waals surface area contributed by atoms with Gasteiger partial charge in [-0.15, -0.1) is 0 Å². The molecule has 1 amide bonds. The Hall–Kier alpha value is -1.55. The van der Waals surface area contributed by atoms with E-state index in [-0.39, 0.29) is 11.9 Å². The lowest BCUT2D eigenvalue weighted by Gasteiger charge is -2.27. The number of rotatable bonds is 6. The van der Waals surface area contributed by atoms with Gasteiger partial charge in [0.25, 0.3) is 0 Å². The van der Waals surface area contributed by atoms with Gasteiger partial charge in [-0.25, -0.2) is 0 Å². The second-order valence-electron chi connectivity index (χ2n) is 5.24. The molecule has 4 heteroatoms. The normalized spacial score (nSPS) is 16.5. The fourth-order valence-corrected chi connectivity index (χ4v) is 1.99. The van der Waals surface area contributed by atoms with Crippen molar-refractivity contribution in [3.63, 3.8) is 0 Å². The molecule has 0 heterocycles. The Morgan fingerprint density at radius 3 is 2.84 bits per heavy atom. The monoisotopic (exact) mass is 262 g/mol. The molecule has 1 aliphatic carbocycles. The van der Waals surface area contributed by atoms with Gasteiger partial charge in [0.2, 0.25) is 5.91 Å². The summed E-state index contributed by atoms with van der Waals surface area (Å²) in [5.74, 6) is 0.863. The molecule has 1 aromatic rings. The molecular formula is C15H22N2O2. The van der Waals surface area contributed by atoms with Crippen LogP contribution in [0.4, 0.5) is 0 Å². The van der Waals surface area contributed by atoms with Gasteiger partial charge >= 0.3 is 0 Å². The van der Waals surface area contributed by atoms with E-state index in [1.54, 1.807) is 0 Å². The van der Waals surface area contributed by atoms with Crippen molar-refractivity contribution in [3.8, 4) is 5.75 Å². The zero-order valence-corrected chi connectivity index (χ0v) is 11.4. The van der Waals surface area contributed by atoms with Crippen molar-refractivity contribution >= 4 is 5.91 Å². The first kappa shape index (κ1) is 13.9. The van der Waals surface area contributed by atoms with Gasteiger partial charge in [0, 0.05) is 24.6 Å². The van der Waals surface area contributed by atoms with Crippen molar-refractivity contribution in [2.24, 2.45) is 5.73 Å². The molecular weight excluding hydrogens is 240 g/mol. The second kappa shape index (κ2) is 6.57. The molecule has 2 rings (SSSR count). The highest BCUT2D eigenvalue weighted by atomic mass is 16.5. The number of carbonyl (C=O) groups is 1. The van der Waals surface area contributed by atoms with Crippen LogP contribution in [0.15, 0.2) is 24.3 Å². The molecule has 0 saturated heterocycles. The highest BCUT2D eigenvalue weighted by molar-refractivity contribution is 5.76. The summed E-state index contributed by atoms with van der Waals surface area (Å²) in [6.07, 6.45) is 4.21. The van der Waals surface area contributed by atoms with Crippen LogP contribution in [0, 0.1) is 0 Å². The first-order valence-electron chi connectivity index (χ1n) is 6.92. The quantitative estimate of drug-likeness (QED) is 0.824. The Kier molecular flexibility index (Phi) is 4.80. The molecule has 1 unspecified atom stereocenters. The van der Waals surface area contributed by atoms with Crippen molar-refractivity contribution in [1.29, 1.82) is 0 Å². The molecule has 19 heavy (non-hydrogen) atoms. The lowest BCUT2D eigenvalue weighted by Crippen LogP contribution is -2.30. The van der Waals surface area contributed by atoms with Crippen LogP contribution >= 0.6 is 0 Å². The van der Waals surface area contributed by atoms with Gasteiger partial charge in [-0.05, 0) is 32.3 Å². The third-order valence-electron chi connectivity index (χ3n) is 3.30. The molecule has 0 aliphatic heterocycles. The van der Waals surface area contributed by atoms with E-state index in [1.165, 1.54) is 6.42 Å². The summed E-state index contributed by atoms with van der Waals surface area (Å²) < 4.78 is 5.92. The number of ether oxygens (including phenoxy) is 1. The molecule has 0 radical (unpaired) electrons. The molecule has 1 atom stereocenters. The van der Waals surface area contributed by atoms with Crippen LogP contribution in [0.25, 0.3) is 0 Å². The topological polar surface area (TPSA) is 64.4 Å². The van der Waals surface area contributed by atoms with Crippen LogP contribution < -0.4 is 15.8 Å². The average molecular weight is 262 g/mol. The molecule has 1 fully saturated rings. The van der Waals surface area contributed by atoms with Crippen molar-refractivity contribution < 1.29 is 9.53 Å². The Balaban J connectivity index is 1.89. The van der Waals surface area contributed by atoms with E-state index in [1.807, 2.05) is 31.2 Å². The summed E-state index contributed by atoms with van der Waals surface area (Å²) >= 11 is 0. The smallest absolute Gasteiger partial charge is 0.221 e. The number of nitrogens with one attached hydrogen (secondary N) is 1. The maximum Gasteiger partial charge on any atom is 0.221 e. The summed E-state index contributed by atoms with van der Waals surface area (Å²) in [4.78, 5) is 11.6. The maximum atomic E-state index is 11.6. The Bertz CT molecular complexity index is 428. The minimum Gasteiger partial charge on any atom is -0.490 e. The van der Waals surface area contributed by atoms with Crippen molar-refractivity contribution in [1.82, 2.24) is 5.32 Å². The van der Waals surface area contributed by atoms with Gasteiger partial charge in [0.15, 0.2) is 0 Å². The summed E-state index contributed by atoms with van der Waals surface area (Å²) in [6, 6.07) is 7.76. The molecule has 0 bridgehead atoms. The standard InChI is InChI=1S/C15H22N2O2/c1-11(16)9-15(18)17-10-12-5-2-3-8-14(12)19-13-6-4-7-13/h2-3,5,8,11,13H,4,6-7,9-10,16H2,1H3,(H,17,18). The van der Waals surface area contributed by atoms with Crippen molar-refractivity contribution in [2.45, 2.75) is 51.3 Å². The van der Waals surface area contributed by atoms with Gasteiger partial charge in [-0.1, -0.05) is 18.2 Å². The van der Waals surface area contributed by atoms with Crippen LogP contribution in [-0.4, -0.2) is 18.1 Å². The van der Waals surface area contributed by atoms with Gasteiger partial charge in [-0.2, -0.15) is 0 Å². The molecule has 104 valence electrons. The van der Waals surface area contributed by atoms with E-state index >= 15 is 0 Å². The summed E-state index contributed by atoms with van der Waals surface area (Å²) in [5.41, 5.74) is 6.62. The number of para-hydroxylation sites is 1. The van der Waals surface area contributed by atoms with Crippen LogP contribution in [-0.2, 0) is 11.3 Å². The summed E-state index contributed by atoms with van der Waals surface area (Å²) in [6.45, 7) is 2.32. The number of nitrogens with two attached hydrogens (primary N) is 1. The first-order valence-corrected chi connectivity index (χ1v) is 6.92. The van der Waals surface area contributed by atoms with Crippen LogP contribution in [0.5, 0.6) is 5.75 Å². The fourth-order valence-electron chi connectivity index (χ4n) is 1.99. The number of carbonyl (C=O) groups excluding carboxylic acids is 1. The average Bonchev–Trinajstić information content (AvgIpc) is 2.31. The number of benzene rings is 1. The molecule has 4 nitrogen and oxygen atoms in total. The Labute approximate surface area is 114 Å². The van der Waals surface area contributed by atoms with Crippen molar-refractivity contribution in [2.75, 3.05) is 0 Å². The van der Waals surface area contributed by atoms with E-state index in [0.29, 0.717) is 19.1 Å². The minimum absolute atomic E-state index is 0.0200. The highest BCUT2D eigenvalue weighted by Gasteiger charge is 2.20. The van der Waals surface area contributed by atoms with Crippen LogP contribution in [0.2, 0.25) is 0 Å². The van der Waals surface area contributed by atoms with Crippen molar-refractivity contribution in [3.05, 3.63) is 29.8 Å². The predicted octanol–water partition coefficient (Wildman–Crippen LogP) is 1.97. The molecule has 1 saturated carbocycles. The van der Waals surface area contributed by atoms with E-state index in [0.717, 1.165) is 24.2 Å². The second-order valence-corrected chi connectivity index (χ2v) is 5.24. The van der Waals surface area contributed by atoms with Gasteiger partial charge in [-0.3, -0.25) is 4.79 Å². The number of amides is 1. The zero-order chi connectivity index (χ0) is 13.7. The SMILES string of the molecule is CC(N)CC(=O)NCc1ccccc1OC1CCC1. The highest BCUT2D eigenvalue weighted by Crippen LogP contribution is 2.27. The summed E-state index contributed by atoms with van der Waals surface area (Å²) in [5, 5.41) is 2.88. The molecule has 0 aromatic heterocycles. The van der Waals surface area contributed by atoms with Gasteiger partial charge in [0.05, 0.1) is 6.10 Å². The zero-order valence-electron chi connectivity index (χ0n) is 11.4. The number of hydrogen-bond acceptors (Lipinski definition) is 3. The molecule has 0 spiro atoms. The molecule has 1 aliphatic rings. The minimum atomic E-state index is -0.110. The predicted molar refractivity (Wildman–Crippen MR) is 74.8 cm³/mol. The van der Waals surface area contributed by atoms with Gasteiger partial charge < -0.3 is 15.8 Å². The largest absolute Gasteiger partial charge is 0.490 e. The third-order valence-corrected chi connectivity index (χ3v) is 3.30. The van der Waals surface area contributed by atoms with E-state index in [2.05, 4.69) is 5.32 Å². The summed E-state index contributed by atoms with van der Waals surface area (Å²) in [7, 11) is 0. The van der Waals surface area contributed by atoms with E-state index in [4.69, 9.17) is 10.5 Å². The lowest BCUT2D eigenvalue weighted by molar-refractivity contribution is -0.121. The van der Waals surface area contributed by atoms with Crippen LogP contribution in [0.1, 0.15) is 38.2 Å². The lowest BCUT2D eigenvalue weighted by atomic mass is 9.96. The van der Waals surface area contributed by atoms with E-state index < -0.39 is 0 Å². The Morgan fingerprint density at radius 1 is 1.47 bits per heavy atom. The fraction of sp³-hybridized carbons (Fsp3) is 0.533. The van der Waals surface area contributed by atoms with Crippen LogP contribution in [0.3, 0.4) is 0 Å². The maximum absolute atomic E-state index is 11.6. The molecule has 3 N–H and O–H groups in total. The third kappa shape index (κ3) is 4.24. The molecule has 1 aromatic carbocycles. The van der Waals surface area contributed by atoms with Gasteiger partial charge in [0.1, 0.15) is 5.75 Å². The first-order chi connectivity index (χ1) is 9.15. The van der Waals surface area contributed by atoms with E-state index in [9.17, 15) is 4.79 Å². The number of hydrogen-bond donors (Lipinski definition) is 2.